The van der Waals surface area contributed by atoms with E-state index in [0.717, 1.165) is 4.90 Å². The number of piperidine rings is 1. The van der Waals surface area contributed by atoms with E-state index in [2.05, 4.69) is 10.6 Å². The number of carbonyl (C=O) groups excluding carboxylic acids is 5. The number of carbonyl (C=O) groups is 5. The van der Waals surface area contributed by atoms with E-state index in [1.54, 1.807) is 0 Å². The molecule has 0 bridgehead atoms. The van der Waals surface area contributed by atoms with Crippen LogP contribution in [-0.4, -0.2) is 125 Å². The quantitative estimate of drug-likeness (QED) is 0.0891. The van der Waals surface area contributed by atoms with Crippen molar-refractivity contribution in [2.45, 2.75) is 25.3 Å². The molecule has 2 heterocycles. The van der Waals surface area contributed by atoms with Crippen molar-refractivity contribution in [1.29, 1.82) is 0 Å². The molecule has 1 aromatic rings. The van der Waals surface area contributed by atoms with Crippen LogP contribution in [0.3, 0.4) is 0 Å². The first kappa shape index (κ1) is 34.0. The number of amides is 5. The number of hydrogen-bond donors (Lipinski definition) is 3. The average molecular weight is 630 g/mol. The maximum absolute atomic E-state index is 13.1. The Hall–Kier alpha value is -3.48. The second-order valence-corrected chi connectivity index (χ2v) is 10.9. The summed E-state index contributed by atoms with van der Waals surface area (Å²) in [7, 11) is -3.97. The zero-order chi connectivity index (χ0) is 31.2. The fourth-order valence-corrected chi connectivity index (χ4v) is 4.65. The molecule has 1 unspecified atom stereocenters. The van der Waals surface area contributed by atoms with Crippen LogP contribution in [0, 0.1) is 0 Å². The van der Waals surface area contributed by atoms with E-state index in [1.165, 1.54) is 18.2 Å². The standard InChI is InChI=1S/C26H35N3O13S/c30-21-6-5-19(24(32)28-21)29-25(33)18-3-1-4-20(23(18)26(29)34)42-17-22(31)27-7-9-39-11-13-41-15-14-40-12-10-38-8-2-16-43(35,36)37/h1,3-4,19H,2,5-17H2,(H,27,31)(H,28,30,32)(H,35,36,37). The van der Waals surface area contributed by atoms with Crippen LogP contribution in [0.5, 0.6) is 5.75 Å². The third-order valence-corrected chi connectivity index (χ3v) is 6.97. The average Bonchev–Trinajstić information content (AvgIpc) is 3.21. The number of nitrogens with zero attached hydrogens (tertiary/aromatic N) is 1. The molecule has 2 aliphatic heterocycles. The van der Waals surface area contributed by atoms with Gasteiger partial charge in [0.2, 0.25) is 11.8 Å². The van der Waals surface area contributed by atoms with Crippen LogP contribution in [-0.2, 0) is 43.4 Å². The molecule has 0 saturated carbocycles. The van der Waals surface area contributed by atoms with Crippen LogP contribution in [0.1, 0.15) is 40.0 Å². The Balaban J connectivity index is 1.23. The maximum atomic E-state index is 13.1. The Labute approximate surface area is 248 Å². The van der Waals surface area contributed by atoms with E-state index in [4.69, 9.17) is 28.2 Å². The van der Waals surface area contributed by atoms with Crippen molar-refractivity contribution < 1.29 is 60.6 Å². The van der Waals surface area contributed by atoms with Gasteiger partial charge in [-0.2, -0.15) is 8.42 Å². The van der Waals surface area contributed by atoms with Gasteiger partial charge in [0, 0.05) is 19.6 Å². The van der Waals surface area contributed by atoms with Crippen molar-refractivity contribution in [1.82, 2.24) is 15.5 Å². The van der Waals surface area contributed by atoms with Gasteiger partial charge in [0.1, 0.15) is 11.8 Å². The summed E-state index contributed by atoms with van der Waals surface area (Å²) in [6.45, 7) is 2.08. The molecule has 0 aromatic heterocycles. The summed E-state index contributed by atoms with van der Waals surface area (Å²) in [6.07, 6.45) is 0.236. The molecule has 0 spiro atoms. The highest BCUT2D eigenvalue weighted by Crippen LogP contribution is 2.33. The van der Waals surface area contributed by atoms with Gasteiger partial charge in [-0.3, -0.25) is 38.7 Å². The van der Waals surface area contributed by atoms with E-state index < -0.39 is 52.3 Å². The number of nitrogens with one attached hydrogen (secondary N) is 2. The molecule has 0 radical (unpaired) electrons. The van der Waals surface area contributed by atoms with Crippen molar-refractivity contribution >= 4 is 39.7 Å². The van der Waals surface area contributed by atoms with Gasteiger partial charge in [0.15, 0.2) is 6.61 Å². The third kappa shape index (κ3) is 10.9. The van der Waals surface area contributed by atoms with Gasteiger partial charge in [-0.05, 0) is 25.0 Å². The molecule has 1 aromatic carbocycles. The normalized spacial score (nSPS) is 16.8. The van der Waals surface area contributed by atoms with Crippen LogP contribution in [0.2, 0.25) is 0 Å². The van der Waals surface area contributed by atoms with Crippen LogP contribution < -0.4 is 15.4 Å². The van der Waals surface area contributed by atoms with Gasteiger partial charge in [-0.1, -0.05) is 6.07 Å². The molecular formula is C26H35N3O13S. The molecule has 3 rings (SSSR count). The highest BCUT2D eigenvalue weighted by molar-refractivity contribution is 7.85. The van der Waals surface area contributed by atoms with Gasteiger partial charge >= 0.3 is 0 Å². The van der Waals surface area contributed by atoms with Gasteiger partial charge in [-0.25, -0.2) is 0 Å². The van der Waals surface area contributed by atoms with E-state index in [-0.39, 0.29) is 61.7 Å². The molecule has 238 valence electrons. The summed E-state index contributed by atoms with van der Waals surface area (Å²) in [6, 6.07) is 3.28. The number of benzene rings is 1. The fraction of sp³-hybridized carbons (Fsp3) is 0.577. The Morgan fingerprint density at radius 1 is 0.930 bits per heavy atom. The van der Waals surface area contributed by atoms with Crippen LogP contribution >= 0.6 is 0 Å². The molecule has 2 aliphatic rings. The topological polar surface area (TPSA) is 213 Å². The third-order valence-electron chi connectivity index (χ3n) is 6.16. The molecule has 3 N–H and O–H groups in total. The minimum absolute atomic E-state index is 0.00407. The van der Waals surface area contributed by atoms with Crippen molar-refractivity contribution in [2.24, 2.45) is 0 Å². The Kier molecular flexibility index (Phi) is 13.4. The van der Waals surface area contributed by atoms with E-state index in [0.29, 0.717) is 39.6 Å². The van der Waals surface area contributed by atoms with Crippen LogP contribution in [0.25, 0.3) is 0 Å². The van der Waals surface area contributed by atoms with E-state index in [9.17, 15) is 32.4 Å². The number of hydrogen-bond acceptors (Lipinski definition) is 12. The Bertz CT molecular complexity index is 1270. The molecule has 0 aliphatic carbocycles. The van der Waals surface area contributed by atoms with Crippen molar-refractivity contribution in [3.8, 4) is 5.75 Å². The van der Waals surface area contributed by atoms with Gasteiger partial charge in [-0.15, -0.1) is 0 Å². The largest absolute Gasteiger partial charge is 0.483 e. The summed E-state index contributed by atoms with van der Waals surface area (Å²) in [4.78, 5) is 62.6. The lowest BCUT2D eigenvalue weighted by atomic mass is 10.0. The molecule has 1 fully saturated rings. The number of fused-ring (bicyclic) bond motifs is 1. The molecule has 1 atom stereocenters. The van der Waals surface area contributed by atoms with Crippen molar-refractivity contribution in [3.63, 3.8) is 0 Å². The Morgan fingerprint density at radius 2 is 1.56 bits per heavy atom. The summed E-state index contributed by atoms with van der Waals surface area (Å²) in [5, 5.41) is 4.75. The molecule has 1 saturated heterocycles. The first-order valence-corrected chi connectivity index (χ1v) is 15.2. The minimum atomic E-state index is -3.97. The summed E-state index contributed by atoms with van der Waals surface area (Å²) in [5.74, 6) is -3.38. The van der Waals surface area contributed by atoms with Crippen LogP contribution in [0.4, 0.5) is 0 Å². The fourth-order valence-electron chi connectivity index (χ4n) is 4.17. The zero-order valence-corrected chi connectivity index (χ0v) is 24.2. The second kappa shape index (κ2) is 17.0. The minimum Gasteiger partial charge on any atom is -0.483 e. The van der Waals surface area contributed by atoms with Crippen LogP contribution in [0.15, 0.2) is 18.2 Å². The van der Waals surface area contributed by atoms with E-state index in [1.807, 2.05) is 0 Å². The first-order valence-electron chi connectivity index (χ1n) is 13.6. The van der Waals surface area contributed by atoms with E-state index >= 15 is 0 Å². The van der Waals surface area contributed by atoms with Gasteiger partial charge < -0.3 is 29.0 Å². The number of imide groups is 2. The molecule has 16 nitrogen and oxygen atoms in total. The lowest BCUT2D eigenvalue weighted by molar-refractivity contribution is -0.136. The number of ether oxygens (including phenoxy) is 5. The molecule has 5 amide bonds. The maximum Gasteiger partial charge on any atom is 0.266 e. The Morgan fingerprint density at radius 3 is 2.19 bits per heavy atom. The second-order valence-electron chi connectivity index (χ2n) is 9.35. The summed E-state index contributed by atoms with van der Waals surface area (Å²) < 4.78 is 56.5. The van der Waals surface area contributed by atoms with Crippen molar-refractivity contribution in [2.75, 3.05) is 71.8 Å². The first-order chi connectivity index (χ1) is 20.6. The zero-order valence-electron chi connectivity index (χ0n) is 23.4. The highest BCUT2D eigenvalue weighted by Gasteiger charge is 2.46. The highest BCUT2D eigenvalue weighted by atomic mass is 32.2. The SMILES string of the molecule is O=C(COc1cccc2c1C(=O)N(C1CCC(=O)NC1=O)C2=O)NCCOCCOCCOCCOCCCS(=O)(=O)O. The van der Waals surface area contributed by atoms with Gasteiger partial charge in [0.25, 0.3) is 27.8 Å². The molecule has 17 heteroatoms. The summed E-state index contributed by atoms with van der Waals surface area (Å²) in [5.41, 5.74) is 0.0103. The number of rotatable bonds is 20. The molecular weight excluding hydrogens is 594 g/mol. The smallest absolute Gasteiger partial charge is 0.266 e. The van der Waals surface area contributed by atoms with Gasteiger partial charge in [0.05, 0.1) is 63.1 Å². The lowest BCUT2D eigenvalue weighted by Crippen LogP contribution is -2.54. The predicted molar refractivity (Wildman–Crippen MR) is 146 cm³/mol. The van der Waals surface area contributed by atoms with Crippen molar-refractivity contribution in [3.05, 3.63) is 29.3 Å². The monoisotopic (exact) mass is 629 g/mol. The lowest BCUT2D eigenvalue weighted by Gasteiger charge is -2.27. The molecule has 43 heavy (non-hydrogen) atoms. The predicted octanol–water partition coefficient (Wildman–Crippen LogP) is -1.07. The summed E-state index contributed by atoms with van der Waals surface area (Å²) >= 11 is 0.